The van der Waals surface area contributed by atoms with Gasteiger partial charge < -0.3 is 10.2 Å². The first-order valence-corrected chi connectivity index (χ1v) is 8.58. The summed E-state index contributed by atoms with van der Waals surface area (Å²) in [7, 11) is 2.13. The zero-order chi connectivity index (χ0) is 13.7. The van der Waals surface area contributed by atoms with Crippen molar-refractivity contribution in [3.8, 4) is 0 Å². The molecule has 0 unspecified atom stereocenters. The van der Waals surface area contributed by atoms with Crippen LogP contribution in [-0.2, 0) is 0 Å². The third-order valence-electron chi connectivity index (χ3n) is 5.67. The molecule has 2 saturated carbocycles. The summed E-state index contributed by atoms with van der Waals surface area (Å²) in [4.78, 5) is 2.81. The average molecular weight is 266 g/mol. The van der Waals surface area contributed by atoms with Gasteiger partial charge in [0.1, 0.15) is 0 Å². The molecule has 19 heavy (non-hydrogen) atoms. The Morgan fingerprint density at radius 2 is 1.74 bits per heavy atom. The molecule has 112 valence electrons. The number of nitrogens with zero attached hydrogens (tertiary/aromatic N) is 1. The predicted molar refractivity (Wildman–Crippen MR) is 83.5 cm³/mol. The fourth-order valence-corrected chi connectivity index (χ4v) is 4.34. The summed E-state index contributed by atoms with van der Waals surface area (Å²) in [6.45, 7) is 8.57. The van der Waals surface area contributed by atoms with Gasteiger partial charge in [-0.3, -0.25) is 0 Å². The molecular formula is C17H34N2. The fraction of sp³-hybridized carbons (Fsp3) is 1.00. The predicted octanol–water partition coefficient (Wildman–Crippen LogP) is 3.67. The first kappa shape index (κ1) is 15.3. The molecule has 0 aromatic carbocycles. The molecule has 0 bridgehead atoms. The van der Waals surface area contributed by atoms with Gasteiger partial charge >= 0.3 is 0 Å². The average Bonchev–Trinajstić information content (AvgIpc) is 2.94. The van der Waals surface area contributed by atoms with E-state index in [0.717, 1.165) is 12.0 Å². The molecule has 0 atom stereocenters. The lowest BCUT2D eigenvalue weighted by molar-refractivity contribution is 0.0684. The van der Waals surface area contributed by atoms with Crippen LogP contribution in [0.5, 0.6) is 0 Å². The Labute approximate surface area is 120 Å². The van der Waals surface area contributed by atoms with Crippen LogP contribution in [-0.4, -0.2) is 37.6 Å². The Morgan fingerprint density at radius 1 is 1.11 bits per heavy atom. The Bertz CT molecular complexity index is 250. The van der Waals surface area contributed by atoms with Crippen molar-refractivity contribution in [2.75, 3.05) is 26.7 Å². The molecule has 0 heterocycles. The molecule has 0 amide bonds. The second-order valence-electron chi connectivity index (χ2n) is 7.21. The van der Waals surface area contributed by atoms with Gasteiger partial charge in [-0.05, 0) is 50.6 Å². The van der Waals surface area contributed by atoms with E-state index in [1.165, 1.54) is 71.0 Å². The molecule has 0 aromatic heterocycles. The molecule has 1 N–H and O–H groups in total. The smallest absolute Gasteiger partial charge is 0.00953 e. The van der Waals surface area contributed by atoms with E-state index < -0.39 is 0 Å². The molecule has 2 aliphatic rings. The lowest BCUT2D eigenvalue weighted by Gasteiger charge is -2.44. The maximum absolute atomic E-state index is 3.49. The molecule has 0 aromatic rings. The fourth-order valence-electron chi connectivity index (χ4n) is 4.34. The first-order chi connectivity index (χ1) is 9.19. The minimum Gasteiger partial charge on any atom is -0.319 e. The lowest BCUT2D eigenvalue weighted by atomic mass is 9.70. The minimum absolute atomic E-state index is 0.555. The van der Waals surface area contributed by atoms with Crippen molar-refractivity contribution in [1.29, 1.82) is 0 Å². The summed E-state index contributed by atoms with van der Waals surface area (Å²) in [6.07, 6.45) is 11.5. The summed E-state index contributed by atoms with van der Waals surface area (Å²) >= 11 is 0. The Kier molecular flexibility index (Phi) is 5.70. The van der Waals surface area contributed by atoms with Crippen LogP contribution < -0.4 is 5.32 Å². The van der Waals surface area contributed by atoms with Gasteiger partial charge in [-0.2, -0.15) is 0 Å². The van der Waals surface area contributed by atoms with Gasteiger partial charge in [0.25, 0.3) is 0 Å². The topological polar surface area (TPSA) is 15.3 Å². The van der Waals surface area contributed by atoms with Crippen LogP contribution in [0.15, 0.2) is 0 Å². The van der Waals surface area contributed by atoms with Gasteiger partial charge in [-0.25, -0.2) is 0 Å². The lowest BCUT2D eigenvalue weighted by Crippen LogP contribution is -2.48. The van der Waals surface area contributed by atoms with Crippen LogP contribution in [0, 0.1) is 11.3 Å². The highest BCUT2D eigenvalue weighted by atomic mass is 15.2. The Morgan fingerprint density at radius 3 is 2.26 bits per heavy atom. The zero-order valence-electron chi connectivity index (χ0n) is 13.4. The van der Waals surface area contributed by atoms with Crippen LogP contribution in [0.3, 0.4) is 0 Å². The van der Waals surface area contributed by atoms with Gasteiger partial charge in [-0.15, -0.1) is 0 Å². The number of nitrogens with one attached hydrogen (secondary N) is 1. The van der Waals surface area contributed by atoms with E-state index in [4.69, 9.17) is 0 Å². The molecule has 2 rings (SSSR count). The maximum atomic E-state index is 3.49. The van der Waals surface area contributed by atoms with E-state index in [1.807, 2.05) is 0 Å². The van der Waals surface area contributed by atoms with E-state index >= 15 is 0 Å². The molecular weight excluding hydrogens is 232 g/mol. The molecule has 2 heteroatoms. The largest absolute Gasteiger partial charge is 0.319 e. The van der Waals surface area contributed by atoms with Crippen molar-refractivity contribution in [1.82, 2.24) is 10.2 Å². The van der Waals surface area contributed by atoms with Crippen LogP contribution in [0.25, 0.3) is 0 Å². The third kappa shape index (κ3) is 3.95. The van der Waals surface area contributed by atoms with Crippen molar-refractivity contribution >= 4 is 0 Å². The number of hydrogen-bond acceptors (Lipinski definition) is 2. The van der Waals surface area contributed by atoms with Gasteiger partial charge in [0.2, 0.25) is 0 Å². The molecule has 2 nitrogen and oxygen atoms in total. The Hall–Kier alpha value is -0.0800. The second-order valence-corrected chi connectivity index (χ2v) is 7.21. The van der Waals surface area contributed by atoms with Crippen LogP contribution >= 0.6 is 0 Å². The molecule has 0 saturated heterocycles. The molecule has 0 radical (unpaired) electrons. The van der Waals surface area contributed by atoms with Gasteiger partial charge in [0, 0.05) is 19.1 Å². The second kappa shape index (κ2) is 7.08. The van der Waals surface area contributed by atoms with Crippen molar-refractivity contribution in [3.05, 3.63) is 0 Å². The maximum Gasteiger partial charge on any atom is 0.00953 e. The van der Waals surface area contributed by atoms with E-state index in [9.17, 15) is 0 Å². The molecule has 2 aliphatic carbocycles. The normalized spacial score (nSPS) is 33.2. The monoisotopic (exact) mass is 266 g/mol. The van der Waals surface area contributed by atoms with Crippen molar-refractivity contribution in [2.45, 2.75) is 71.3 Å². The Balaban J connectivity index is 1.97. The summed E-state index contributed by atoms with van der Waals surface area (Å²) < 4.78 is 0. The van der Waals surface area contributed by atoms with Crippen molar-refractivity contribution in [3.63, 3.8) is 0 Å². The van der Waals surface area contributed by atoms with Crippen LogP contribution in [0.2, 0.25) is 0 Å². The zero-order valence-corrected chi connectivity index (χ0v) is 13.4. The van der Waals surface area contributed by atoms with E-state index in [0.29, 0.717) is 5.41 Å². The number of rotatable bonds is 6. The van der Waals surface area contributed by atoms with Crippen LogP contribution in [0.4, 0.5) is 0 Å². The van der Waals surface area contributed by atoms with E-state index in [-0.39, 0.29) is 0 Å². The molecule has 0 spiro atoms. The standard InChI is InChI=1S/C17H34N2/c1-4-19(16-7-5-6-8-16)14-17(13-18-3)11-9-15(2)10-12-17/h15-16,18H,4-14H2,1-3H3. The van der Waals surface area contributed by atoms with Crippen molar-refractivity contribution in [2.24, 2.45) is 11.3 Å². The van der Waals surface area contributed by atoms with E-state index in [2.05, 4.69) is 31.1 Å². The summed E-state index contributed by atoms with van der Waals surface area (Å²) in [6, 6.07) is 0.887. The first-order valence-electron chi connectivity index (χ1n) is 8.58. The van der Waals surface area contributed by atoms with Gasteiger partial charge in [0.15, 0.2) is 0 Å². The highest BCUT2D eigenvalue weighted by molar-refractivity contribution is 4.91. The number of hydrogen-bond donors (Lipinski definition) is 1. The summed E-state index contributed by atoms with van der Waals surface area (Å²) in [5.74, 6) is 0.950. The summed E-state index contributed by atoms with van der Waals surface area (Å²) in [5.41, 5.74) is 0.555. The summed E-state index contributed by atoms with van der Waals surface area (Å²) in [5, 5.41) is 3.49. The van der Waals surface area contributed by atoms with E-state index in [1.54, 1.807) is 0 Å². The molecule has 2 fully saturated rings. The third-order valence-corrected chi connectivity index (χ3v) is 5.67. The van der Waals surface area contributed by atoms with Crippen LogP contribution in [0.1, 0.15) is 65.2 Å². The quantitative estimate of drug-likeness (QED) is 0.789. The van der Waals surface area contributed by atoms with Crippen molar-refractivity contribution < 1.29 is 0 Å². The molecule has 0 aliphatic heterocycles. The van der Waals surface area contributed by atoms with Gasteiger partial charge in [0.05, 0.1) is 0 Å². The van der Waals surface area contributed by atoms with Gasteiger partial charge in [-0.1, -0.05) is 39.5 Å². The highest BCUT2D eigenvalue weighted by Crippen LogP contribution is 2.40. The minimum atomic E-state index is 0.555. The highest BCUT2D eigenvalue weighted by Gasteiger charge is 2.36. The SMILES string of the molecule is CCN(CC1(CNC)CCC(C)CC1)C1CCCC1.